The lowest BCUT2D eigenvalue weighted by Gasteiger charge is -2.13. The monoisotopic (exact) mass is 600 g/mol. The number of halogens is 2. The first kappa shape index (κ1) is 28.1. The van der Waals surface area contributed by atoms with Crippen LogP contribution in [0.2, 0.25) is 10.0 Å². The molecule has 1 aromatic heterocycles. The van der Waals surface area contributed by atoms with Crippen molar-refractivity contribution < 1.29 is 9.59 Å². The molecular weight excluding hydrogens is 579 g/mol. The standard InChI is InChI=1S/C30H22Cl2N6O2S/c31-25-12-7-13-26(32)24(25)18-27(34-29(39)20-8-3-1-4-9-20)30(40)33-21-14-16-23(17-15-21)41-19-28-35-36-37-38(28)22-10-5-2-6-11-22/h1-18H,19H2,(H,33,40)(H,34,39)/b27-18-. The van der Waals surface area contributed by atoms with Crippen LogP contribution in [0.25, 0.3) is 11.8 Å². The second-order valence-corrected chi connectivity index (χ2v) is 10.5. The van der Waals surface area contributed by atoms with Gasteiger partial charge in [0.1, 0.15) is 5.70 Å². The number of carbonyl (C=O) groups excluding carboxylic acids is 2. The summed E-state index contributed by atoms with van der Waals surface area (Å²) in [6.45, 7) is 0. The Balaban J connectivity index is 1.30. The first-order chi connectivity index (χ1) is 20.0. The number of thioether (sulfide) groups is 1. The number of aromatic nitrogens is 4. The molecule has 0 aliphatic rings. The lowest BCUT2D eigenvalue weighted by atomic mass is 10.1. The van der Waals surface area contributed by atoms with Crippen molar-refractivity contribution >= 4 is 58.5 Å². The highest BCUT2D eigenvalue weighted by Gasteiger charge is 2.17. The molecule has 0 aliphatic heterocycles. The Morgan fingerprint density at radius 3 is 2.17 bits per heavy atom. The summed E-state index contributed by atoms with van der Waals surface area (Å²) < 4.78 is 1.70. The molecule has 0 radical (unpaired) electrons. The molecule has 2 amide bonds. The van der Waals surface area contributed by atoms with Gasteiger partial charge in [0, 0.05) is 31.8 Å². The highest BCUT2D eigenvalue weighted by molar-refractivity contribution is 7.98. The van der Waals surface area contributed by atoms with Crippen LogP contribution in [-0.2, 0) is 10.5 Å². The fourth-order valence-electron chi connectivity index (χ4n) is 3.78. The Kier molecular flexibility index (Phi) is 9.10. The third kappa shape index (κ3) is 7.20. The van der Waals surface area contributed by atoms with E-state index in [2.05, 4.69) is 26.2 Å². The van der Waals surface area contributed by atoms with Gasteiger partial charge >= 0.3 is 0 Å². The summed E-state index contributed by atoms with van der Waals surface area (Å²) in [4.78, 5) is 27.2. The van der Waals surface area contributed by atoms with Gasteiger partial charge in [-0.1, -0.05) is 65.7 Å². The van der Waals surface area contributed by atoms with Crippen LogP contribution < -0.4 is 10.6 Å². The fourth-order valence-corrected chi connectivity index (χ4v) is 5.09. The first-order valence-electron chi connectivity index (χ1n) is 12.4. The molecule has 0 fully saturated rings. The average Bonchev–Trinajstić information content (AvgIpc) is 3.48. The van der Waals surface area contributed by atoms with E-state index in [0.29, 0.717) is 38.4 Å². The topological polar surface area (TPSA) is 102 Å². The number of benzene rings is 4. The predicted octanol–water partition coefficient (Wildman–Crippen LogP) is 6.67. The number of hydrogen-bond acceptors (Lipinski definition) is 6. The van der Waals surface area contributed by atoms with Gasteiger partial charge in [-0.2, -0.15) is 4.68 Å². The van der Waals surface area contributed by atoms with E-state index in [1.54, 1.807) is 77.1 Å². The Morgan fingerprint density at radius 2 is 1.49 bits per heavy atom. The van der Waals surface area contributed by atoms with Gasteiger partial charge in [0.15, 0.2) is 5.82 Å². The summed E-state index contributed by atoms with van der Waals surface area (Å²) in [5.74, 6) is 0.276. The minimum absolute atomic E-state index is 0.0138. The van der Waals surface area contributed by atoms with Crippen LogP contribution in [0.5, 0.6) is 0 Å². The number of anilines is 1. The third-order valence-corrected chi connectivity index (χ3v) is 7.50. The van der Waals surface area contributed by atoms with Gasteiger partial charge in [-0.3, -0.25) is 9.59 Å². The molecule has 0 bridgehead atoms. The quantitative estimate of drug-likeness (QED) is 0.145. The van der Waals surface area contributed by atoms with E-state index >= 15 is 0 Å². The van der Waals surface area contributed by atoms with Crippen molar-refractivity contribution in [1.82, 2.24) is 25.5 Å². The largest absolute Gasteiger partial charge is 0.321 e. The molecule has 4 aromatic carbocycles. The summed E-state index contributed by atoms with van der Waals surface area (Å²) in [5, 5.41) is 18.2. The summed E-state index contributed by atoms with van der Waals surface area (Å²) in [7, 11) is 0. The van der Waals surface area contributed by atoms with Crippen molar-refractivity contribution in [2.45, 2.75) is 10.6 Å². The second-order valence-electron chi connectivity index (χ2n) is 8.62. The van der Waals surface area contributed by atoms with Gasteiger partial charge in [0.05, 0.1) is 11.4 Å². The van der Waals surface area contributed by atoms with E-state index in [0.717, 1.165) is 10.6 Å². The van der Waals surface area contributed by atoms with Crippen molar-refractivity contribution in [1.29, 1.82) is 0 Å². The minimum atomic E-state index is -0.535. The van der Waals surface area contributed by atoms with Crippen LogP contribution >= 0.6 is 35.0 Å². The highest BCUT2D eigenvalue weighted by Crippen LogP contribution is 2.27. The van der Waals surface area contributed by atoms with Gasteiger partial charge in [-0.25, -0.2) is 0 Å². The number of tetrazole rings is 1. The Bertz CT molecular complexity index is 1670. The van der Waals surface area contributed by atoms with Crippen molar-refractivity contribution in [3.05, 3.63) is 136 Å². The summed E-state index contributed by atoms with van der Waals surface area (Å²) in [6.07, 6.45) is 1.46. The number of carbonyl (C=O) groups is 2. The zero-order valence-electron chi connectivity index (χ0n) is 21.4. The first-order valence-corrected chi connectivity index (χ1v) is 14.1. The molecule has 8 nitrogen and oxygen atoms in total. The second kappa shape index (κ2) is 13.3. The van der Waals surface area contributed by atoms with E-state index in [1.807, 2.05) is 42.5 Å². The van der Waals surface area contributed by atoms with E-state index in [4.69, 9.17) is 23.2 Å². The van der Waals surface area contributed by atoms with Crippen molar-refractivity contribution in [2.24, 2.45) is 0 Å². The summed E-state index contributed by atoms with van der Waals surface area (Å²) in [6, 6.07) is 30.6. The zero-order chi connectivity index (χ0) is 28.6. The number of nitrogens with zero attached hydrogens (tertiary/aromatic N) is 4. The number of hydrogen-bond donors (Lipinski definition) is 2. The molecule has 5 aromatic rings. The molecular formula is C30H22Cl2N6O2S. The van der Waals surface area contributed by atoms with Crippen LogP contribution in [0.3, 0.4) is 0 Å². The SMILES string of the molecule is O=C(Nc1ccc(SCc2nnnn2-c2ccccc2)cc1)/C(=C/c1c(Cl)cccc1Cl)NC(=O)c1ccccc1. The zero-order valence-corrected chi connectivity index (χ0v) is 23.7. The van der Waals surface area contributed by atoms with Gasteiger partial charge in [-0.05, 0) is 77.2 Å². The van der Waals surface area contributed by atoms with Crippen LogP contribution in [-0.4, -0.2) is 32.0 Å². The van der Waals surface area contributed by atoms with Crippen LogP contribution in [0.1, 0.15) is 21.7 Å². The maximum absolute atomic E-state index is 13.3. The minimum Gasteiger partial charge on any atom is -0.321 e. The van der Waals surface area contributed by atoms with E-state index < -0.39 is 11.8 Å². The molecule has 0 atom stereocenters. The molecule has 204 valence electrons. The smallest absolute Gasteiger partial charge is 0.272 e. The number of rotatable bonds is 9. The van der Waals surface area contributed by atoms with Crippen molar-refractivity contribution in [2.75, 3.05) is 5.32 Å². The summed E-state index contributed by atoms with van der Waals surface area (Å²) >= 11 is 14.2. The van der Waals surface area contributed by atoms with Crippen molar-refractivity contribution in [3.63, 3.8) is 0 Å². The molecule has 11 heteroatoms. The molecule has 0 aliphatic carbocycles. The van der Waals surface area contributed by atoms with E-state index in [1.165, 1.54) is 6.08 Å². The van der Waals surface area contributed by atoms with Crippen LogP contribution in [0.15, 0.2) is 114 Å². The van der Waals surface area contributed by atoms with E-state index in [9.17, 15) is 9.59 Å². The maximum Gasteiger partial charge on any atom is 0.272 e. The average molecular weight is 602 g/mol. The molecule has 5 rings (SSSR count). The third-order valence-electron chi connectivity index (χ3n) is 5.83. The van der Waals surface area contributed by atoms with Gasteiger partial charge < -0.3 is 10.6 Å². The molecule has 1 heterocycles. The molecule has 0 unspecified atom stereocenters. The number of para-hydroxylation sites is 1. The van der Waals surface area contributed by atoms with Crippen LogP contribution in [0.4, 0.5) is 5.69 Å². The van der Waals surface area contributed by atoms with E-state index in [-0.39, 0.29) is 5.70 Å². The van der Waals surface area contributed by atoms with Gasteiger partial charge in [0.2, 0.25) is 0 Å². The van der Waals surface area contributed by atoms with Crippen LogP contribution in [0, 0.1) is 0 Å². The molecule has 2 N–H and O–H groups in total. The lowest BCUT2D eigenvalue weighted by Crippen LogP contribution is -2.30. The number of amides is 2. The Labute approximate surface area is 250 Å². The Morgan fingerprint density at radius 1 is 0.829 bits per heavy atom. The van der Waals surface area contributed by atoms with Gasteiger partial charge in [-0.15, -0.1) is 16.9 Å². The van der Waals surface area contributed by atoms with Crippen molar-refractivity contribution in [3.8, 4) is 5.69 Å². The Hall–Kier alpha value is -4.44. The van der Waals surface area contributed by atoms with Gasteiger partial charge in [0.25, 0.3) is 11.8 Å². The normalized spacial score (nSPS) is 11.2. The molecule has 41 heavy (non-hydrogen) atoms. The maximum atomic E-state index is 13.3. The highest BCUT2D eigenvalue weighted by atomic mass is 35.5. The molecule has 0 saturated carbocycles. The molecule has 0 spiro atoms. The predicted molar refractivity (Wildman–Crippen MR) is 162 cm³/mol. The molecule has 0 saturated heterocycles. The summed E-state index contributed by atoms with van der Waals surface area (Å²) in [5.41, 5.74) is 2.22. The lowest BCUT2D eigenvalue weighted by molar-refractivity contribution is -0.113. The fraction of sp³-hybridized carbons (Fsp3) is 0.0333. The number of nitrogens with one attached hydrogen (secondary N) is 2.